The van der Waals surface area contributed by atoms with E-state index in [4.69, 9.17) is 0 Å². The molecule has 2 heterocycles. The Morgan fingerprint density at radius 2 is 1.75 bits per heavy atom. The van der Waals surface area contributed by atoms with E-state index in [-0.39, 0.29) is 17.9 Å². The first kappa shape index (κ1) is 18.2. The summed E-state index contributed by atoms with van der Waals surface area (Å²) in [4.78, 5) is 38.9. The summed E-state index contributed by atoms with van der Waals surface area (Å²) in [6, 6.07) is 11.5. The van der Waals surface area contributed by atoms with Crippen molar-refractivity contribution in [2.45, 2.75) is 43.8 Å². The quantitative estimate of drug-likeness (QED) is 0.804. The number of hydrogen-bond acceptors (Lipinski definition) is 3. The molecule has 0 aliphatic carbocycles. The zero-order valence-electron chi connectivity index (χ0n) is 15.4. The van der Waals surface area contributed by atoms with Crippen molar-refractivity contribution in [3.05, 3.63) is 60.2 Å². The number of fused-ring (bicyclic) bond motifs is 2. The third-order valence-corrected chi connectivity index (χ3v) is 5.60. The van der Waals surface area contributed by atoms with E-state index in [9.17, 15) is 19.5 Å². The lowest BCUT2D eigenvalue weighted by atomic mass is 10.0. The van der Waals surface area contributed by atoms with Gasteiger partial charge in [0.05, 0.1) is 0 Å². The van der Waals surface area contributed by atoms with Gasteiger partial charge in [0.25, 0.3) is 5.91 Å². The minimum atomic E-state index is -0.986. The topological polar surface area (TPSA) is 86.7 Å². The first-order valence-corrected chi connectivity index (χ1v) is 9.54. The monoisotopic (exact) mass is 378 g/mol. The molecule has 2 amide bonds. The molecule has 2 aliphatic heterocycles. The average Bonchev–Trinajstić information content (AvgIpc) is 3.11. The van der Waals surface area contributed by atoms with Gasteiger partial charge in [-0.05, 0) is 48.6 Å². The molecule has 0 saturated carbocycles. The van der Waals surface area contributed by atoms with Gasteiger partial charge in [0.1, 0.15) is 12.1 Å². The molecule has 2 N–H and O–H groups in total. The summed E-state index contributed by atoms with van der Waals surface area (Å²) >= 11 is 0. The van der Waals surface area contributed by atoms with Gasteiger partial charge in [-0.3, -0.25) is 9.59 Å². The maximum absolute atomic E-state index is 13.1. The SMILES string of the molecule is O=C(NC1CC=CCC2CCC(C(=O)O)N2C1=O)c1ccc2ccccc2c1. The van der Waals surface area contributed by atoms with Crippen LogP contribution in [0.2, 0.25) is 0 Å². The van der Waals surface area contributed by atoms with Crippen LogP contribution in [-0.4, -0.2) is 45.9 Å². The fourth-order valence-electron chi connectivity index (χ4n) is 4.15. The maximum Gasteiger partial charge on any atom is 0.326 e. The smallest absolute Gasteiger partial charge is 0.326 e. The Kier molecular flexibility index (Phi) is 4.86. The Hall–Kier alpha value is -3.15. The van der Waals surface area contributed by atoms with Gasteiger partial charge in [-0.2, -0.15) is 0 Å². The Labute approximate surface area is 162 Å². The standard InChI is InChI=1S/C22H22N2O4/c25-20(16-10-9-14-5-1-2-6-15(14)13-16)23-18-8-4-3-7-17-11-12-19(22(27)28)24(17)21(18)26/h1-6,9-10,13,17-19H,7-8,11-12H2,(H,23,25)(H,27,28). The third-order valence-electron chi connectivity index (χ3n) is 5.60. The summed E-state index contributed by atoms with van der Waals surface area (Å²) in [5.41, 5.74) is 0.477. The van der Waals surface area contributed by atoms with Crippen molar-refractivity contribution < 1.29 is 19.5 Å². The molecule has 3 unspecified atom stereocenters. The van der Waals surface area contributed by atoms with Crippen LogP contribution in [0.15, 0.2) is 54.6 Å². The number of carbonyl (C=O) groups is 3. The summed E-state index contributed by atoms with van der Waals surface area (Å²) in [5, 5.41) is 14.3. The van der Waals surface area contributed by atoms with Crippen LogP contribution >= 0.6 is 0 Å². The number of rotatable bonds is 3. The Morgan fingerprint density at radius 3 is 2.54 bits per heavy atom. The van der Waals surface area contributed by atoms with Gasteiger partial charge in [-0.15, -0.1) is 0 Å². The van der Waals surface area contributed by atoms with E-state index in [1.54, 1.807) is 12.1 Å². The molecule has 144 valence electrons. The van der Waals surface area contributed by atoms with Gasteiger partial charge in [0.15, 0.2) is 0 Å². The number of hydrogen-bond donors (Lipinski definition) is 2. The fourth-order valence-corrected chi connectivity index (χ4v) is 4.15. The zero-order chi connectivity index (χ0) is 19.7. The number of nitrogens with one attached hydrogen (secondary N) is 1. The average molecular weight is 378 g/mol. The molecular formula is C22H22N2O4. The van der Waals surface area contributed by atoms with Gasteiger partial charge in [-0.25, -0.2) is 4.79 Å². The number of amides is 2. The molecule has 28 heavy (non-hydrogen) atoms. The van der Waals surface area contributed by atoms with Crippen LogP contribution in [0.4, 0.5) is 0 Å². The summed E-state index contributed by atoms with van der Waals surface area (Å²) in [7, 11) is 0. The van der Waals surface area contributed by atoms with E-state index < -0.39 is 18.1 Å². The van der Waals surface area contributed by atoms with Crippen LogP contribution in [-0.2, 0) is 9.59 Å². The van der Waals surface area contributed by atoms with E-state index in [1.807, 2.05) is 42.5 Å². The molecule has 1 saturated heterocycles. The molecular weight excluding hydrogens is 356 g/mol. The first-order chi connectivity index (χ1) is 13.5. The lowest BCUT2D eigenvalue weighted by molar-refractivity contribution is -0.150. The van der Waals surface area contributed by atoms with Crippen LogP contribution in [0.5, 0.6) is 0 Å². The highest BCUT2D eigenvalue weighted by atomic mass is 16.4. The van der Waals surface area contributed by atoms with Gasteiger partial charge in [0.2, 0.25) is 5.91 Å². The molecule has 3 atom stereocenters. The minimum absolute atomic E-state index is 0.120. The number of carboxylic acid groups (broad SMARTS) is 1. The number of carbonyl (C=O) groups excluding carboxylic acids is 2. The van der Waals surface area contributed by atoms with Crippen LogP contribution in [0.3, 0.4) is 0 Å². The second-order valence-electron chi connectivity index (χ2n) is 7.36. The predicted octanol–water partition coefficient (Wildman–Crippen LogP) is 2.73. The molecule has 0 radical (unpaired) electrons. The first-order valence-electron chi connectivity index (χ1n) is 9.54. The largest absolute Gasteiger partial charge is 0.480 e. The van der Waals surface area contributed by atoms with Crippen molar-refractivity contribution in [3.8, 4) is 0 Å². The molecule has 0 bridgehead atoms. The predicted molar refractivity (Wildman–Crippen MR) is 105 cm³/mol. The minimum Gasteiger partial charge on any atom is -0.480 e. The second kappa shape index (κ2) is 7.46. The highest BCUT2D eigenvalue weighted by molar-refractivity contribution is 6.01. The van der Waals surface area contributed by atoms with Gasteiger partial charge < -0.3 is 15.3 Å². The molecule has 6 nitrogen and oxygen atoms in total. The van der Waals surface area contributed by atoms with E-state index in [2.05, 4.69) is 5.32 Å². The maximum atomic E-state index is 13.1. The highest BCUT2D eigenvalue weighted by Crippen LogP contribution is 2.29. The Bertz CT molecular complexity index is 968. The second-order valence-corrected chi connectivity index (χ2v) is 7.36. The van der Waals surface area contributed by atoms with E-state index >= 15 is 0 Å². The lowest BCUT2D eigenvalue weighted by Crippen LogP contribution is -2.54. The molecule has 0 aromatic heterocycles. The van der Waals surface area contributed by atoms with Crippen molar-refractivity contribution in [1.82, 2.24) is 10.2 Å². The summed E-state index contributed by atoms with van der Waals surface area (Å²) < 4.78 is 0. The van der Waals surface area contributed by atoms with E-state index in [1.165, 1.54) is 4.90 Å². The van der Waals surface area contributed by atoms with Crippen LogP contribution in [0, 0.1) is 0 Å². The lowest BCUT2D eigenvalue weighted by Gasteiger charge is -2.32. The van der Waals surface area contributed by atoms with Crippen molar-refractivity contribution in [2.75, 3.05) is 0 Å². The van der Waals surface area contributed by atoms with Crippen molar-refractivity contribution in [3.63, 3.8) is 0 Å². The molecule has 2 aromatic rings. The van der Waals surface area contributed by atoms with E-state index in [0.29, 0.717) is 31.2 Å². The molecule has 2 aromatic carbocycles. The van der Waals surface area contributed by atoms with Crippen LogP contribution in [0.1, 0.15) is 36.0 Å². The normalized spacial score (nSPS) is 24.5. The van der Waals surface area contributed by atoms with Crippen LogP contribution < -0.4 is 5.32 Å². The summed E-state index contributed by atoms with van der Waals surface area (Å²) in [5.74, 6) is -1.63. The molecule has 0 spiro atoms. The van der Waals surface area contributed by atoms with Crippen LogP contribution in [0.25, 0.3) is 10.8 Å². The third kappa shape index (κ3) is 3.38. The fraction of sp³-hybridized carbons (Fsp3) is 0.318. The summed E-state index contributed by atoms with van der Waals surface area (Å²) in [6.45, 7) is 0. The highest BCUT2D eigenvalue weighted by Gasteiger charge is 2.43. The number of nitrogens with zero attached hydrogens (tertiary/aromatic N) is 1. The zero-order valence-corrected chi connectivity index (χ0v) is 15.4. The number of benzene rings is 2. The van der Waals surface area contributed by atoms with Crippen molar-refractivity contribution in [2.24, 2.45) is 0 Å². The van der Waals surface area contributed by atoms with Gasteiger partial charge >= 0.3 is 5.97 Å². The Morgan fingerprint density at radius 1 is 1.00 bits per heavy atom. The van der Waals surface area contributed by atoms with Crippen molar-refractivity contribution in [1.29, 1.82) is 0 Å². The summed E-state index contributed by atoms with van der Waals surface area (Å²) in [6.07, 6.45) is 6.00. The number of aliphatic carboxylic acids is 1. The Balaban J connectivity index is 1.57. The number of carboxylic acids is 1. The molecule has 4 rings (SSSR count). The van der Waals surface area contributed by atoms with Gasteiger partial charge in [-0.1, -0.05) is 42.5 Å². The van der Waals surface area contributed by atoms with Crippen molar-refractivity contribution >= 4 is 28.6 Å². The molecule has 6 heteroatoms. The van der Waals surface area contributed by atoms with Gasteiger partial charge in [0, 0.05) is 11.6 Å². The molecule has 2 aliphatic rings. The van der Waals surface area contributed by atoms with E-state index in [0.717, 1.165) is 10.8 Å². The molecule has 1 fully saturated rings.